The molecule has 8 heteroatoms. The molecule has 5 atom stereocenters. The van der Waals surface area contributed by atoms with E-state index < -0.39 is 11.0 Å². The van der Waals surface area contributed by atoms with E-state index in [-0.39, 0.29) is 17.9 Å². The van der Waals surface area contributed by atoms with Crippen molar-refractivity contribution in [3.8, 4) is 5.75 Å². The van der Waals surface area contributed by atoms with E-state index in [0.717, 1.165) is 74.5 Å². The maximum Gasteiger partial charge on any atom is 0.231 e. The van der Waals surface area contributed by atoms with Crippen LogP contribution < -0.4 is 14.4 Å². The zero-order valence-electron chi connectivity index (χ0n) is 23.6. The topological polar surface area (TPSA) is 67.9 Å². The molecule has 1 N–H and O–H groups in total. The van der Waals surface area contributed by atoms with Crippen molar-refractivity contribution in [2.24, 2.45) is 11.8 Å². The summed E-state index contributed by atoms with van der Waals surface area (Å²) in [5.74, 6) is 1.69. The van der Waals surface area contributed by atoms with Crippen LogP contribution >= 0.6 is 11.6 Å². The van der Waals surface area contributed by atoms with Crippen LogP contribution in [-0.4, -0.2) is 43.0 Å². The monoisotopic (exact) mass is 584 g/mol. The minimum atomic E-state index is -1.63. The third kappa shape index (κ3) is 6.75. The Kier molecular flexibility index (Phi) is 9.87. The van der Waals surface area contributed by atoms with Crippen molar-refractivity contribution in [2.75, 3.05) is 31.7 Å². The third-order valence-electron chi connectivity index (χ3n) is 8.61. The minimum Gasteiger partial charge on any atom is -0.491 e. The molecule has 1 fully saturated rings. The highest BCUT2D eigenvalue weighted by Crippen LogP contribution is 2.43. The van der Waals surface area contributed by atoms with E-state index in [0.29, 0.717) is 29.8 Å². The van der Waals surface area contributed by atoms with Gasteiger partial charge >= 0.3 is 0 Å². The van der Waals surface area contributed by atoms with Gasteiger partial charge in [0.05, 0.1) is 23.3 Å². The Labute approximate surface area is 246 Å². The highest BCUT2D eigenvalue weighted by molar-refractivity contribution is 7.83. The van der Waals surface area contributed by atoms with Gasteiger partial charge in [-0.2, -0.15) is 0 Å². The molecule has 3 aliphatic rings. The molecule has 0 saturated heterocycles. The number of nitrogens with zero attached hydrogens (tertiary/aromatic N) is 1. The zero-order chi connectivity index (χ0) is 28.1. The number of nitrogens with one attached hydrogen (secondary N) is 1. The second-order valence-corrected chi connectivity index (χ2v) is 13.0. The Bertz CT molecular complexity index is 1250. The summed E-state index contributed by atoms with van der Waals surface area (Å²) in [6.07, 6.45) is 11.8. The Balaban J connectivity index is 1.51. The summed E-state index contributed by atoms with van der Waals surface area (Å²) in [4.78, 5) is 15.5. The van der Waals surface area contributed by atoms with E-state index >= 15 is 0 Å². The van der Waals surface area contributed by atoms with Crippen LogP contribution in [0.2, 0.25) is 5.02 Å². The molecule has 2 aliphatic heterocycles. The molecule has 2 bridgehead atoms. The number of methoxy groups -OCH3 is 1. The number of amides is 1. The molecular weight excluding hydrogens is 544 g/mol. The predicted octanol–water partition coefficient (Wildman–Crippen LogP) is 6.59. The summed E-state index contributed by atoms with van der Waals surface area (Å²) in [6, 6.07) is 11.9. The molecule has 1 aliphatic carbocycles. The van der Waals surface area contributed by atoms with Gasteiger partial charge < -0.3 is 14.4 Å². The third-order valence-corrected chi connectivity index (χ3v) is 9.94. The number of carbonyl (C=O) groups excluding carboxylic acids is 1. The van der Waals surface area contributed by atoms with Gasteiger partial charge in [-0.3, -0.25) is 9.52 Å². The second kappa shape index (κ2) is 13.5. The van der Waals surface area contributed by atoms with Gasteiger partial charge in [0.1, 0.15) is 5.75 Å². The van der Waals surface area contributed by atoms with Gasteiger partial charge in [-0.05, 0) is 91.8 Å². The van der Waals surface area contributed by atoms with Gasteiger partial charge in [0, 0.05) is 37.6 Å². The molecular formula is C32H41ClN2O4S. The lowest BCUT2D eigenvalue weighted by molar-refractivity contribution is -0.119. The Morgan fingerprint density at radius 2 is 2.02 bits per heavy atom. The second-order valence-electron chi connectivity index (χ2n) is 11.3. The largest absolute Gasteiger partial charge is 0.491 e. The van der Waals surface area contributed by atoms with E-state index in [1.54, 1.807) is 7.11 Å². The van der Waals surface area contributed by atoms with Crippen molar-refractivity contribution in [2.45, 2.75) is 75.2 Å². The Hall–Kier alpha value is -2.35. The normalized spacial score (nSPS) is 28.2. The zero-order valence-corrected chi connectivity index (χ0v) is 25.1. The summed E-state index contributed by atoms with van der Waals surface area (Å²) in [5.41, 5.74) is 3.49. The number of benzene rings is 2. The lowest BCUT2D eigenvalue weighted by Gasteiger charge is -2.43. The molecule has 40 heavy (non-hydrogen) atoms. The molecule has 2 aromatic rings. The number of anilines is 1. The van der Waals surface area contributed by atoms with Gasteiger partial charge in [-0.1, -0.05) is 43.2 Å². The number of allylic oxidation sites excluding steroid dienone is 1. The molecule has 2 heterocycles. The predicted molar refractivity (Wildman–Crippen MR) is 162 cm³/mol. The van der Waals surface area contributed by atoms with E-state index in [9.17, 15) is 9.00 Å². The standard InChI is InChI=1S/C32H41ClN2O4S/c1-3-8-22-17-25(33)12-15-27(22)24-20-35-19-23-11-14-28(23)30(38-2)9-6-4-5-7-10-32(36)34-40(37)26-13-16-31(39-21-24)29(35)18-26/h6,9,12-13,15-18,23-24,28,30H,3-5,7-8,10-11,14,19-21H2,1-2H3,(H,34,36)/b9-6+. The number of halogens is 1. The fourth-order valence-electron chi connectivity index (χ4n) is 6.33. The molecule has 5 rings (SSSR count). The molecule has 5 unspecified atom stereocenters. The van der Waals surface area contributed by atoms with Crippen LogP contribution in [0.1, 0.15) is 68.9 Å². The van der Waals surface area contributed by atoms with Gasteiger partial charge in [0.2, 0.25) is 5.91 Å². The molecule has 0 radical (unpaired) electrons. The molecule has 0 spiro atoms. The van der Waals surface area contributed by atoms with E-state index in [1.807, 2.05) is 24.3 Å². The van der Waals surface area contributed by atoms with Crippen LogP contribution in [-0.2, 0) is 26.9 Å². The smallest absolute Gasteiger partial charge is 0.231 e. The summed E-state index contributed by atoms with van der Waals surface area (Å²) >= 11 is 6.40. The van der Waals surface area contributed by atoms with Crippen LogP contribution in [0.4, 0.5) is 5.69 Å². The van der Waals surface area contributed by atoms with E-state index in [1.165, 1.54) is 11.1 Å². The summed E-state index contributed by atoms with van der Waals surface area (Å²) in [5, 5.41) is 0.760. The molecule has 2 aromatic carbocycles. The summed E-state index contributed by atoms with van der Waals surface area (Å²) in [7, 11) is 0.179. The molecule has 1 saturated carbocycles. The first-order valence-corrected chi connectivity index (χ1v) is 16.2. The molecule has 216 valence electrons. The minimum absolute atomic E-state index is 0.0856. The first kappa shape index (κ1) is 29.2. The van der Waals surface area contributed by atoms with Crippen molar-refractivity contribution in [3.05, 3.63) is 64.7 Å². The average Bonchev–Trinajstić information content (AvgIpc) is 3.11. The summed E-state index contributed by atoms with van der Waals surface area (Å²) in [6.45, 7) is 4.39. The van der Waals surface area contributed by atoms with Crippen LogP contribution in [0.15, 0.2) is 53.4 Å². The Morgan fingerprint density at radius 3 is 2.80 bits per heavy atom. The molecule has 1 amide bonds. The lowest BCUT2D eigenvalue weighted by Crippen LogP contribution is -2.44. The van der Waals surface area contributed by atoms with Gasteiger partial charge in [0.25, 0.3) is 0 Å². The fourth-order valence-corrected chi connectivity index (χ4v) is 7.36. The van der Waals surface area contributed by atoms with Crippen molar-refractivity contribution >= 4 is 34.2 Å². The van der Waals surface area contributed by atoms with Crippen molar-refractivity contribution in [1.29, 1.82) is 0 Å². The number of rotatable bonds is 4. The highest BCUT2D eigenvalue weighted by atomic mass is 35.5. The average molecular weight is 585 g/mol. The lowest BCUT2D eigenvalue weighted by atomic mass is 9.70. The Morgan fingerprint density at radius 1 is 1.15 bits per heavy atom. The first-order valence-electron chi connectivity index (χ1n) is 14.7. The van der Waals surface area contributed by atoms with Gasteiger partial charge in [-0.25, -0.2) is 4.21 Å². The van der Waals surface area contributed by atoms with Gasteiger partial charge in [0.15, 0.2) is 11.0 Å². The van der Waals surface area contributed by atoms with Crippen LogP contribution in [0.5, 0.6) is 5.75 Å². The maximum absolute atomic E-state index is 13.2. The number of carbonyl (C=O) groups is 1. The molecule has 6 nitrogen and oxygen atoms in total. The number of hydrogen-bond acceptors (Lipinski definition) is 5. The quantitative estimate of drug-likeness (QED) is 0.411. The highest BCUT2D eigenvalue weighted by Gasteiger charge is 2.38. The SMILES string of the molecule is CCCc1cc(Cl)ccc1C1COc2ccc3cc2N(C1)CC1CCC1C(OC)/C=C/CCCCC(=O)NS3=O. The number of hydrogen-bond donors (Lipinski definition) is 1. The number of aryl methyl sites for hydroxylation is 1. The maximum atomic E-state index is 13.2. The fraction of sp³-hybridized carbons (Fsp3) is 0.531. The van der Waals surface area contributed by atoms with Crippen molar-refractivity contribution in [3.63, 3.8) is 0 Å². The number of ether oxygens (including phenoxy) is 2. The summed E-state index contributed by atoms with van der Waals surface area (Å²) < 4.78 is 28.3. The van der Waals surface area contributed by atoms with Crippen LogP contribution in [0.25, 0.3) is 0 Å². The van der Waals surface area contributed by atoms with Crippen molar-refractivity contribution < 1.29 is 18.5 Å². The molecule has 0 aromatic heterocycles. The van der Waals surface area contributed by atoms with Gasteiger partial charge in [-0.15, -0.1) is 0 Å². The van der Waals surface area contributed by atoms with E-state index in [2.05, 4.69) is 40.8 Å². The van der Waals surface area contributed by atoms with Crippen molar-refractivity contribution in [1.82, 2.24) is 4.72 Å². The number of fused-ring (bicyclic) bond motifs is 2. The van der Waals surface area contributed by atoms with Crippen LogP contribution in [0.3, 0.4) is 0 Å². The van der Waals surface area contributed by atoms with E-state index in [4.69, 9.17) is 21.1 Å². The first-order chi connectivity index (χ1) is 19.5. The van der Waals surface area contributed by atoms with Crippen LogP contribution in [0, 0.1) is 11.8 Å².